The van der Waals surface area contributed by atoms with Gasteiger partial charge in [-0.15, -0.1) is 11.3 Å². The maximum atomic E-state index is 12.4. The van der Waals surface area contributed by atoms with Crippen molar-refractivity contribution in [3.8, 4) is 0 Å². The predicted octanol–water partition coefficient (Wildman–Crippen LogP) is 0.619. The summed E-state index contributed by atoms with van der Waals surface area (Å²) in [5, 5.41) is 24.0. The highest BCUT2D eigenvalue weighted by atomic mass is 32.1. The molecule has 3 saturated heterocycles. The molecule has 0 saturated carbocycles. The van der Waals surface area contributed by atoms with Gasteiger partial charge in [-0.3, -0.25) is 9.69 Å². The number of hydrogen-bond donors (Lipinski definition) is 3. The van der Waals surface area contributed by atoms with E-state index in [9.17, 15) is 15.0 Å². The van der Waals surface area contributed by atoms with Crippen molar-refractivity contribution in [3.05, 3.63) is 21.9 Å². The Morgan fingerprint density at radius 3 is 3.00 bits per heavy atom. The number of thiophene rings is 1. The van der Waals surface area contributed by atoms with Crippen molar-refractivity contribution in [3.63, 3.8) is 0 Å². The number of nitrogens with one attached hydrogen (secondary N) is 1. The fourth-order valence-electron chi connectivity index (χ4n) is 4.96. The van der Waals surface area contributed by atoms with Crippen molar-refractivity contribution in [2.45, 2.75) is 37.5 Å². The van der Waals surface area contributed by atoms with Crippen LogP contribution in [0.1, 0.15) is 28.1 Å². The number of aryl methyl sites for hydroxylation is 1. The van der Waals surface area contributed by atoms with Crippen LogP contribution in [-0.4, -0.2) is 71.6 Å². The predicted molar refractivity (Wildman–Crippen MR) is 94.7 cm³/mol. The largest absolute Gasteiger partial charge is 0.395 e. The Balaban J connectivity index is 1.43. The maximum Gasteiger partial charge on any atom is 0.261 e. The van der Waals surface area contributed by atoms with E-state index in [4.69, 9.17) is 4.74 Å². The first-order valence-corrected chi connectivity index (χ1v) is 9.92. The van der Waals surface area contributed by atoms with Crippen LogP contribution < -0.4 is 5.32 Å². The lowest BCUT2D eigenvalue weighted by Crippen LogP contribution is -2.42. The molecule has 0 aromatic carbocycles. The number of carbonyl (C=O) groups is 1. The number of nitrogens with zero attached hydrogens (tertiary/aromatic N) is 1. The number of likely N-dealkylation sites (tertiary alicyclic amines) is 1. The summed E-state index contributed by atoms with van der Waals surface area (Å²) in [6.45, 7) is 4.10. The summed E-state index contributed by atoms with van der Waals surface area (Å²) in [7, 11) is 0. The minimum absolute atomic E-state index is 0.00256. The first-order chi connectivity index (χ1) is 12.1. The third kappa shape index (κ3) is 2.82. The van der Waals surface area contributed by atoms with Crippen LogP contribution in [0.2, 0.25) is 0 Å². The summed E-state index contributed by atoms with van der Waals surface area (Å²) in [6.07, 6.45) is 2.29. The number of fused-ring (bicyclic) bond motifs is 1. The van der Waals surface area contributed by atoms with E-state index < -0.39 is 0 Å². The highest BCUT2D eigenvalue weighted by Crippen LogP contribution is 2.54. The topological polar surface area (TPSA) is 82.0 Å². The van der Waals surface area contributed by atoms with Crippen LogP contribution in [0.25, 0.3) is 0 Å². The average Bonchev–Trinajstić information content (AvgIpc) is 3.34. The molecule has 3 N–H and O–H groups in total. The van der Waals surface area contributed by atoms with Crippen LogP contribution in [0.4, 0.5) is 0 Å². The quantitative estimate of drug-likeness (QED) is 0.688. The second-order valence-electron chi connectivity index (χ2n) is 7.62. The Kier molecular flexibility index (Phi) is 4.62. The molecule has 1 aromatic heterocycles. The lowest BCUT2D eigenvalue weighted by molar-refractivity contribution is -0.00834. The van der Waals surface area contributed by atoms with Gasteiger partial charge in [0.25, 0.3) is 5.91 Å². The van der Waals surface area contributed by atoms with Gasteiger partial charge in [0.05, 0.1) is 35.8 Å². The van der Waals surface area contributed by atoms with E-state index in [0.717, 1.165) is 36.4 Å². The van der Waals surface area contributed by atoms with Crippen LogP contribution in [0.5, 0.6) is 0 Å². The molecular weight excluding hydrogens is 340 g/mol. The van der Waals surface area contributed by atoms with Crippen LogP contribution in [0, 0.1) is 18.8 Å². The number of hydrogen-bond acceptors (Lipinski definition) is 6. The SMILES string of the molecule is Cc1ccsc1C(=O)NC[C@H]1[C@H]2CN(C(CO)CO)C[C@]23CC[C@H]1O3. The first kappa shape index (κ1) is 17.4. The van der Waals surface area contributed by atoms with Gasteiger partial charge >= 0.3 is 0 Å². The lowest BCUT2D eigenvalue weighted by atomic mass is 9.73. The van der Waals surface area contributed by atoms with E-state index in [-0.39, 0.29) is 36.9 Å². The van der Waals surface area contributed by atoms with Crippen LogP contribution in [0.3, 0.4) is 0 Å². The Morgan fingerprint density at radius 2 is 2.32 bits per heavy atom. The van der Waals surface area contributed by atoms with Crippen molar-refractivity contribution in [1.29, 1.82) is 0 Å². The molecule has 6 nitrogen and oxygen atoms in total. The van der Waals surface area contributed by atoms with E-state index in [2.05, 4.69) is 10.2 Å². The third-order valence-electron chi connectivity index (χ3n) is 6.31. The smallest absolute Gasteiger partial charge is 0.261 e. The Labute approximate surface area is 151 Å². The zero-order valence-corrected chi connectivity index (χ0v) is 15.3. The highest BCUT2D eigenvalue weighted by Gasteiger charge is 2.63. The number of aliphatic hydroxyl groups is 2. The summed E-state index contributed by atoms with van der Waals surface area (Å²) < 4.78 is 6.36. The van der Waals surface area contributed by atoms with Gasteiger partial charge in [0, 0.05) is 31.5 Å². The molecule has 1 amide bonds. The van der Waals surface area contributed by atoms with Gasteiger partial charge in [-0.25, -0.2) is 0 Å². The van der Waals surface area contributed by atoms with Gasteiger partial charge < -0.3 is 20.3 Å². The maximum absolute atomic E-state index is 12.4. The monoisotopic (exact) mass is 366 g/mol. The zero-order chi connectivity index (χ0) is 17.6. The summed E-state index contributed by atoms with van der Waals surface area (Å²) in [6, 6.07) is 1.75. The average molecular weight is 366 g/mol. The molecule has 2 bridgehead atoms. The van der Waals surface area contributed by atoms with Gasteiger partial charge in [-0.2, -0.15) is 0 Å². The second kappa shape index (κ2) is 6.63. The van der Waals surface area contributed by atoms with Crippen molar-refractivity contribution in [1.82, 2.24) is 10.2 Å². The second-order valence-corrected chi connectivity index (χ2v) is 8.54. The molecule has 1 aromatic rings. The molecule has 1 spiro atoms. The molecule has 4 atom stereocenters. The van der Waals surface area contributed by atoms with E-state index in [1.807, 2.05) is 18.4 Å². The van der Waals surface area contributed by atoms with E-state index in [1.165, 1.54) is 11.3 Å². The van der Waals surface area contributed by atoms with Gasteiger partial charge in [-0.1, -0.05) is 0 Å². The molecule has 0 aliphatic carbocycles. The summed E-state index contributed by atoms with van der Waals surface area (Å²) in [4.78, 5) is 15.4. The first-order valence-electron chi connectivity index (χ1n) is 9.04. The minimum Gasteiger partial charge on any atom is -0.395 e. The lowest BCUT2D eigenvalue weighted by Gasteiger charge is -2.29. The van der Waals surface area contributed by atoms with E-state index in [0.29, 0.717) is 18.4 Å². The minimum atomic E-state index is -0.216. The molecule has 4 heterocycles. The number of ether oxygens (including phenoxy) is 1. The number of rotatable bonds is 6. The van der Waals surface area contributed by atoms with E-state index >= 15 is 0 Å². The zero-order valence-electron chi connectivity index (χ0n) is 14.5. The number of amides is 1. The Hall–Kier alpha value is -0.990. The number of carbonyl (C=O) groups excluding carboxylic acids is 1. The standard InChI is InChI=1S/C18H26N2O4S/c1-11-3-5-25-16(11)17(23)19-6-13-14-7-20(12(8-21)9-22)10-18(14)4-2-15(13)24-18/h3,5,12-15,21-22H,2,4,6-10H2,1H3,(H,19,23)/t13-,14+,15+,18+/m0/s1. The van der Waals surface area contributed by atoms with Gasteiger partial charge in [0.2, 0.25) is 0 Å². The third-order valence-corrected chi connectivity index (χ3v) is 7.33. The Bertz CT molecular complexity index is 647. The summed E-state index contributed by atoms with van der Waals surface area (Å²) in [5.74, 6) is 0.667. The van der Waals surface area contributed by atoms with Crippen LogP contribution >= 0.6 is 11.3 Å². The molecule has 3 fully saturated rings. The molecule has 25 heavy (non-hydrogen) atoms. The fourth-order valence-corrected chi connectivity index (χ4v) is 5.80. The molecule has 3 aliphatic rings. The fraction of sp³-hybridized carbons (Fsp3) is 0.722. The van der Waals surface area contributed by atoms with Crippen LogP contribution in [-0.2, 0) is 4.74 Å². The van der Waals surface area contributed by atoms with Gasteiger partial charge in [0.15, 0.2) is 0 Å². The molecule has 138 valence electrons. The summed E-state index contributed by atoms with van der Waals surface area (Å²) in [5.41, 5.74) is 0.866. The Morgan fingerprint density at radius 1 is 1.52 bits per heavy atom. The van der Waals surface area contributed by atoms with Gasteiger partial charge in [0.1, 0.15) is 0 Å². The van der Waals surface area contributed by atoms with Crippen molar-refractivity contribution in [2.24, 2.45) is 11.8 Å². The van der Waals surface area contributed by atoms with Gasteiger partial charge in [-0.05, 0) is 36.8 Å². The number of aliphatic hydroxyl groups excluding tert-OH is 2. The molecule has 4 rings (SSSR count). The normalized spacial score (nSPS) is 34.0. The molecule has 0 unspecified atom stereocenters. The van der Waals surface area contributed by atoms with E-state index in [1.54, 1.807) is 0 Å². The highest BCUT2D eigenvalue weighted by molar-refractivity contribution is 7.12. The molecule has 0 radical (unpaired) electrons. The molecular formula is C18H26N2O4S. The van der Waals surface area contributed by atoms with Crippen molar-refractivity contribution >= 4 is 17.2 Å². The van der Waals surface area contributed by atoms with Crippen molar-refractivity contribution < 1.29 is 19.7 Å². The van der Waals surface area contributed by atoms with Crippen LogP contribution in [0.15, 0.2) is 11.4 Å². The molecule has 7 heteroatoms. The van der Waals surface area contributed by atoms with Crippen molar-refractivity contribution in [2.75, 3.05) is 32.8 Å². The summed E-state index contributed by atoms with van der Waals surface area (Å²) >= 11 is 1.48. The molecule has 3 aliphatic heterocycles.